The number of fused-ring (bicyclic) bond motifs is 1. The maximum absolute atomic E-state index is 10.0. The Kier molecular flexibility index (Phi) is 3.54. The standard InChI is InChI=1S/C13H16N2OS2/c1-8-6-9-12(17-8)14-7-15-13(9)18-11-5-3-2-4-10(11)16/h6-7,10-11,16H,2-5H2,1H3/t10-,11-/m0/s1. The van der Waals surface area contributed by atoms with Crippen molar-refractivity contribution in [1.29, 1.82) is 0 Å². The van der Waals surface area contributed by atoms with E-state index in [1.807, 2.05) is 0 Å². The zero-order valence-corrected chi connectivity index (χ0v) is 11.9. The Labute approximate surface area is 115 Å². The van der Waals surface area contributed by atoms with Crippen molar-refractivity contribution in [3.8, 4) is 0 Å². The molecule has 2 heterocycles. The summed E-state index contributed by atoms with van der Waals surface area (Å²) in [6.07, 6.45) is 5.82. The van der Waals surface area contributed by atoms with Gasteiger partial charge in [-0.3, -0.25) is 0 Å². The SMILES string of the molecule is Cc1cc2c(S[C@H]3CCCC[C@@H]3O)ncnc2s1. The van der Waals surface area contributed by atoms with Crippen LogP contribution in [0.4, 0.5) is 0 Å². The van der Waals surface area contributed by atoms with Crippen molar-refractivity contribution in [3.63, 3.8) is 0 Å². The van der Waals surface area contributed by atoms with Gasteiger partial charge in [0, 0.05) is 15.5 Å². The molecule has 0 saturated heterocycles. The molecule has 0 unspecified atom stereocenters. The first kappa shape index (κ1) is 12.4. The monoisotopic (exact) mass is 280 g/mol. The molecule has 1 saturated carbocycles. The highest BCUT2D eigenvalue weighted by Crippen LogP contribution is 2.37. The molecule has 0 aliphatic heterocycles. The lowest BCUT2D eigenvalue weighted by molar-refractivity contribution is 0.137. The number of aromatic nitrogens is 2. The van der Waals surface area contributed by atoms with Gasteiger partial charge >= 0.3 is 0 Å². The van der Waals surface area contributed by atoms with Crippen molar-refractivity contribution in [2.24, 2.45) is 0 Å². The second-order valence-corrected chi connectivity index (χ2v) is 7.23. The van der Waals surface area contributed by atoms with Crippen LogP contribution in [-0.2, 0) is 0 Å². The number of rotatable bonds is 2. The summed E-state index contributed by atoms with van der Waals surface area (Å²) in [5, 5.41) is 12.5. The Morgan fingerprint density at radius 1 is 1.33 bits per heavy atom. The zero-order valence-electron chi connectivity index (χ0n) is 10.3. The van der Waals surface area contributed by atoms with E-state index in [2.05, 4.69) is 23.0 Å². The molecular formula is C13H16N2OS2. The minimum Gasteiger partial charge on any atom is -0.392 e. The summed E-state index contributed by atoms with van der Waals surface area (Å²) in [6.45, 7) is 2.09. The number of nitrogens with zero attached hydrogens (tertiary/aromatic N) is 2. The number of aryl methyl sites for hydroxylation is 1. The maximum Gasteiger partial charge on any atom is 0.128 e. The summed E-state index contributed by atoms with van der Waals surface area (Å²) in [4.78, 5) is 11.0. The van der Waals surface area contributed by atoms with Crippen LogP contribution in [0.1, 0.15) is 30.6 Å². The van der Waals surface area contributed by atoms with E-state index in [9.17, 15) is 5.11 Å². The molecule has 3 nitrogen and oxygen atoms in total. The molecule has 5 heteroatoms. The fourth-order valence-electron chi connectivity index (χ4n) is 2.41. The third kappa shape index (κ3) is 2.39. The van der Waals surface area contributed by atoms with Crippen LogP contribution in [0.5, 0.6) is 0 Å². The highest BCUT2D eigenvalue weighted by molar-refractivity contribution is 8.00. The number of hydrogen-bond donors (Lipinski definition) is 1. The van der Waals surface area contributed by atoms with E-state index in [0.29, 0.717) is 0 Å². The number of thiophene rings is 1. The van der Waals surface area contributed by atoms with Gasteiger partial charge in [0.2, 0.25) is 0 Å². The van der Waals surface area contributed by atoms with Crippen molar-refractivity contribution in [3.05, 3.63) is 17.3 Å². The van der Waals surface area contributed by atoms with Gasteiger partial charge in [0.1, 0.15) is 16.2 Å². The van der Waals surface area contributed by atoms with Crippen LogP contribution in [-0.4, -0.2) is 26.4 Å². The lowest BCUT2D eigenvalue weighted by atomic mass is 9.97. The molecule has 96 valence electrons. The Balaban J connectivity index is 1.89. The van der Waals surface area contributed by atoms with Crippen LogP contribution < -0.4 is 0 Å². The molecule has 0 spiro atoms. The van der Waals surface area contributed by atoms with Gasteiger partial charge in [-0.05, 0) is 25.8 Å². The Morgan fingerprint density at radius 3 is 3.00 bits per heavy atom. The average molecular weight is 280 g/mol. The molecule has 2 atom stereocenters. The lowest BCUT2D eigenvalue weighted by Crippen LogP contribution is -2.26. The smallest absolute Gasteiger partial charge is 0.128 e. The van der Waals surface area contributed by atoms with Gasteiger partial charge < -0.3 is 5.11 Å². The first-order chi connectivity index (χ1) is 8.74. The van der Waals surface area contributed by atoms with Gasteiger partial charge in [-0.25, -0.2) is 9.97 Å². The summed E-state index contributed by atoms with van der Waals surface area (Å²) >= 11 is 3.42. The van der Waals surface area contributed by atoms with Gasteiger partial charge in [0.25, 0.3) is 0 Å². The molecule has 0 bridgehead atoms. The topological polar surface area (TPSA) is 46.0 Å². The molecule has 3 rings (SSSR count). The lowest BCUT2D eigenvalue weighted by Gasteiger charge is -2.26. The number of aliphatic hydroxyl groups is 1. The molecule has 0 aromatic carbocycles. The van der Waals surface area contributed by atoms with Crippen molar-refractivity contribution < 1.29 is 5.11 Å². The van der Waals surface area contributed by atoms with Gasteiger partial charge in [-0.1, -0.05) is 24.6 Å². The van der Waals surface area contributed by atoms with E-state index in [4.69, 9.17) is 0 Å². The summed E-state index contributed by atoms with van der Waals surface area (Å²) in [5.74, 6) is 0. The van der Waals surface area contributed by atoms with Crippen LogP contribution in [0.2, 0.25) is 0 Å². The van der Waals surface area contributed by atoms with E-state index in [-0.39, 0.29) is 11.4 Å². The van der Waals surface area contributed by atoms with Crippen LogP contribution in [0.15, 0.2) is 17.4 Å². The molecule has 2 aromatic heterocycles. The molecule has 1 fully saturated rings. The summed E-state index contributed by atoms with van der Waals surface area (Å²) in [7, 11) is 0. The molecular weight excluding hydrogens is 264 g/mol. The minimum atomic E-state index is -0.187. The van der Waals surface area contributed by atoms with Crippen LogP contribution >= 0.6 is 23.1 Å². The van der Waals surface area contributed by atoms with Gasteiger partial charge in [-0.2, -0.15) is 0 Å². The van der Waals surface area contributed by atoms with E-state index in [1.165, 1.54) is 11.3 Å². The number of thioether (sulfide) groups is 1. The molecule has 1 aliphatic carbocycles. The molecule has 0 amide bonds. The summed E-state index contributed by atoms with van der Waals surface area (Å²) < 4.78 is 0. The van der Waals surface area contributed by atoms with E-state index in [1.54, 1.807) is 29.4 Å². The normalized spacial score (nSPS) is 24.6. The Hall–Kier alpha value is -0.650. The molecule has 2 aromatic rings. The van der Waals surface area contributed by atoms with Crippen molar-refractivity contribution in [2.45, 2.75) is 49.0 Å². The average Bonchev–Trinajstić information content (AvgIpc) is 2.73. The second kappa shape index (κ2) is 5.15. The number of hydrogen-bond acceptors (Lipinski definition) is 5. The van der Waals surface area contributed by atoms with E-state index in [0.717, 1.165) is 34.5 Å². The molecule has 18 heavy (non-hydrogen) atoms. The van der Waals surface area contributed by atoms with Crippen LogP contribution in [0.3, 0.4) is 0 Å². The third-order valence-electron chi connectivity index (χ3n) is 3.35. The third-order valence-corrected chi connectivity index (χ3v) is 5.71. The highest BCUT2D eigenvalue weighted by Gasteiger charge is 2.25. The minimum absolute atomic E-state index is 0.187. The number of aliphatic hydroxyl groups excluding tert-OH is 1. The zero-order chi connectivity index (χ0) is 12.5. The predicted octanol–water partition coefficient (Wildman–Crippen LogP) is 3.40. The largest absolute Gasteiger partial charge is 0.392 e. The van der Waals surface area contributed by atoms with Crippen molar-refractivity contribution in [1.82, 2.24) is 9.97 Å². The quantitative estimate of drug-likeness (QED) is 0.856. The van der Waals surface area contributed by atoms with Gasteiger partial charge in [0.15, 0.2) is 0 Å². The molecule has 1 N–H and O–H groups in total. The van der Waals surface area contributed by atoms with Crippen molar-refractivity contribution >= 4 is 33.3 Å². The molecule has 0 radical (unpaired) electrons. The maximum atomic E-state index is 10.0. The first-order valence-electron chi connectivity index (χ1n) is 6.30. The second-order valence-electron chi connectivity index (χ2n) is 4.76. The molecule has 1 aliphatic rings. The summed E-state index contributed by atoms with van der Waals surface area (Å²) in [5.41, 5.74) is 0. The fourth-order valence-corrected chi connectivity index (χ4v) is 4.57. The Morgan fingerprint density at radius 2 is 2.17 bits per heavy atom. The van der Waals surface area contributed by atoms with Gasteiger partial charge in [-0.15, -0.1) is 11.3 Å². The van der Waals surface area contributed by atoms with Crippen LogP contribution in [0.25, 0.3) is 10.2 Å². The van der Waals surface area contributed by atoms with Crippen molar-refractivity contribution in [2.75, 3.05) is 0 Å². The van der Waals surface area contributed by atoms with Crippen LogP contribution in [0, 0.1) is 6.92 Å². The van der Waals surface area contributed by atoms with E-state index >= 15 is 0 Å². The van der Waals surface area contributed by atoms with Gasteiger partial charge in [0.05, 0.1) is 6.10 Å². The fraction of sp³-hybridized carbons (Fsp3) is 0.538. The predicted molar refractivity (Wildman–Crippen MR) is 76.3 cm³/mol. The Bertz CT molecular complexity index is 555. The first-order valence-corrected chi connectivity index (χ1v) is 7.99. The summed E-state index contributed by atoms with van der Waals surface area (Å²) in [6, 6.07) is 2.15. The van der Waals surface area contributed by atoms with E-state index < -0.39 is 0 Å². The highest BCUT2D eigenvalue weighted by atomic mass is 32.2.